The number of aromatic nitrogens is 3. The number of nitrogens with one attached hydrogen (secondary N) is 2. The monoisotopic (exact) mass is 414 g/mol. The first-order valence-corrected chi connectivity index (χ1v) is 10.7. The number of fused-ring (bicyclic) bond motifs is 1. The second-order valence-corrected chi connectivity index (χ2v) is 8.95. The van der Waals surface area contributed by atoms with Gasteiger partial charge in [-0.15, -0.1) is 21.5 Å². The average molecular weight is 415 g/mol. The molecule has 0 atom stereocenters. The summed E-state index contributed by atoms with van der Waals surface area (Å²) in [5, 5.41) is 13.8. The van der Waals surface area contributed by atoms with Crippen LogP contribution in [0.2, 0.25) is 0 Å². The Bertz CT molecular complexity index is 1170. The molecule has 1 aromatic carbocycles. The molecule has 0 saturated heterocycles. The Labute approximate surface area is 166 Å². The highest BCUT2D eigenvalue weighted by molar-refractivity contribution is 8.00. The van der Waals surface area contributed by atoms with E-state index in [2.05, 4.69) is 20.5 Å². The number of nitrogens with zero attached hydrogens (tertiary/aromatic N) is 2. The molecule has 4 aromatic rings. The van der Waals surface area contributed by atoms with Crippen molar-refractivity contribution in [3.05, 3.63) is 68.1 Å². The van der Waals surface area contributed by atoms with Crippen LogP contribution in [0.25, 0.3) is 10.9 Å². The number of thiophene rings is 1. The molecule has 1 amide bonds. The molecule has 4 rings (SSSR count). The van der Waals surface area contributed by atoms with E-state index in [9.17, 15) is 9.59 Å². The molecule has 3 heterocycles. The molecule has 0 fully saturated rings. The minimum absolute atomic E-state index is 0.00390. The van der Waals surface area contributed by atoms with E-state index < -0.39 is 0 Å². The van der Waals surface area contributed by atoms with E-state index in [-0.39, 0.29) is 11.3 Å². The van der Waals surface area contributed by atoms with E-state index >= 15 is 0 Å². The van der Waals surface area contributed by atoms with Gasteiger partial charge in [-0.3, -0.25) is 14.9 Å². The summed E-state index contributed by atoms with van der Waals surface area (Å²) < 4.78 is 0.723. The van der Waals surface area contributed by atoms with Gasteiger partial charge in [0.1, 0.15) is 0 Å². The van der Waals surface area contributed by atoms with Gasteiger partial charge in [0.05, 0.1) is 4.88 Å². The van der Waals surface area contributed by atoms with E-state index in [1.807, 2.05) is 36.6 Å². The molecule has 0 aliphatic rings. The lowest BCUT2D eigenvalue weighted by atomic mass is 10.1. The summed E-state index contributed by atoms with van der Waals surface area (Å²) in [5.74, 6) is 0.374. The second kappa shape index (κ2) is 7.63. The van der Waals surface area contributed by atoms with Gasteiger partial charge in [-0.05, 0) is 30.5 Å². The summed E-state index contributed by atoms with van der Waals surface area (Å²) in [6, 6.07) is 11.0. The Morgan fingerprint density at radius 3 is 2.96 bits per heavy atom. The minimum Gasteiger partial charge on any atom is -0.357 e. The summed E-state index contributed by atoms with van der Waals surface area (Å²) in [6.45, 7) is 1.97. The van der Waals surface area contributed by atoms with Crippen LogP contribution in [0.5, 0.6) is 0 Å². The maximum absolute atomic E-state index is 12.3. The van der Waals surface area contributed by atoms with Crippen LogP contribution in [0.15, 0.2) is 50.9 Å². The molecule has 3 aromatic heterocycles. The molecule has 0 aliphatic heterocycles. The average Bonchev–Trinajstić information content (AvgIpc) is 3.32. The lowest BCUT2D eigenvalue weighted by molar-refractivity contribution is 0.103. The first-order chi connectivity index (χ1) is 13.1. The summed E-state index contributed by atoms with van der Waals surface area (Å²) in [5.41, 5.74) is 2.70. The lowest BCUT2D eigenvalue weighted by Crippen LogP contribution is -2.09. The van der Waals surface area contributed by atoms with Gasteiger partial charge in [0.25, 0.3) is 5.91 Å². The third-order valence-corrected chi connectivity index (χ3v) is 6.65. The molecule has 0 bridgehead atoms. The van der Waals surface area contributed by atoms with Crippen molar-refractivity contribution in [1.82, 2.24) is 15.2 Å². The number of benzene rings is 1. The largest absolute Gasteiger partial charge is 0.357 e. The Balaban J connectivity index is 1.44. The molecule has 136 valence electrons. The number of carbonyl (C=O) groups is 1. The third-order valence-electron chi connectivity index (χ3n) is 3.76. The van der Waals surface area contributed by atoms with Gasteiger partial charge in [0.2, 0.25) is 5.13 Å². The van der Waals surface area contributed by atoms with Gasteiger partial charge in [-0.1, -0.05) is 40.8 Å². The number of rotatable bonds is 5. The van der Waals surface area contributed by atoms with Gasteiger partial charge in [-0.2, -0.15) is 0 Å². The van der Waals surface area contributed by atoms with Crippen molar-refractivity contribution >= 4 is 56.4 Å². The quantitative estimate of drug-likeness (QED) is 0.376. The van der Waals surface area contributed by atoms with Gasteiger partial charge in [0, 0.05) is 28.4 Å². The Morgan fingerprint density at radius 2 is 2.15 bits per heavy atom. The number of anilines is 1. The maximum atomic E-state index is 12.3. The number of H-pyrrole nitrogens is 1. The highest BCUT2D eigenvalue weighted by Crippen LogP contribution is 2.28. The topological polar surface area (TPSA) is 87.7 Å². The molecule has 27 heavy (non-hydrogen) atoms. The van der Waals surface area contributed by atoms with Crippen molar-refractivity contribution in [2.24, 2.45) is 0 Å². The predicted octanol–water partition coefficient (Wildman–Crippen LogP) is 4.29. The summed E-state index contributed by atoms with van der Waals surface area (Å²) >= 11 is 4.15. The van der Waals surface area contributed by atoms with Crippen LogP contribution in [-0.2, 0) is 5.75 Å². The van der Waals surface area contributed by atoms with Crippen LogP contribution >= 0.6 is 34.4 Å². The van der Waals surface area contributed by atoms with Crippen LogP contribution in [0, 0.1) is 6.92 Å². The molecule has 0 radical (unpaired) electrons. The second-order valence-electron chi connectivity index (χ2n) is 5.80. The van der Waals surface area contributed by atoms with Crippen molar-refractivity contribution in [3.8, 4) is 0 Å². The zero-order valence-corrected chi connectivity index (χ0v) is 16.6. The molecule has 0 spiro atoms. The Morgan fingerprint density at radius 1 is 1.26 bits per heavy atom. The molecule has 0 saturated carbocycles. The van der Waals surface area contributed by atoms with E-state index in [0.29, 0.717) is 21.1 Å². The fourth-order valence-electron chi connectivity index (χ4n) is 2.52. The van der Waals surface area contributed by atoms with Crippen LogP contribution in [0.3, 0.4) is 0 Å². The van der Waals surface area contributed by atoms with E-state index in [1.165, 1.54) is 34.4 Å². The summed E-state index contributed by atoms with van der Waals surface area (Å²) in [6.07, 6.45) is 0. The number of hydrogen-bond donors (Lipinski definition) is 2. The van der Waals surface area contributed by atoms with Crippen LogP contribution < -0.4 is 10.7 Å². The number of aryl methyl sites for hydroxylation is 1. The SMILES string of the molecule is Cc1ccc2[nH]c(CSc3nnc(NC(=O)c4cccs4)s3)cc(=O)c2c1. The fraction of sp³-hybridized carbons (Fsp3) is 0.111. The Hall–Kier alpha value is -2.49. The zero-order valence-electron chi connectivity index (χ0n) is 14.2. The van der Waals surface area contributed by atoms with E-state index in [1.54, 1.807) is 12.1 Å². The van der Waals surface area contributed by atoms with Gasteiger partial charge in [-0.25, -0.2) is 0 Å². The van der Waals surface area contributed by atoms with Crippen molar-refractivity contribution in [2.45, 2.75) is 17.0 Å². The van der Waals surface area contributed by atoms with E-state index in [4.69, 9.17) is 0 Å². The van der Waals surface area contributed by atoms with Crippen LogP contribution in [0.1, 0.15) is 20.9 Å². The van der Waals surface area contributed by atoms with Gasteiger partial charge < -0.3 is 4.98 Å². The molecular weight excluding hydrogens is 400 g/mol. The number of pyridine rings is 1. The van der Waals surface area contributed by atoms with Crippen molar-refractivity contribution in [1.29, 1.82) is 0 Å². The molecule has 0 aliphatic carbocycles. The number of amides is 1. The fourth-order valence-corrected chi connectivity index (χ4v) is 4.79. The lowest BCUT2D eigenvalue weighted by Gasteiger charge is -2.04. The third kappa shape index (κ3) is 4.10. The molecular formula is C18H14N4O2S3. The summed E-state index contributed by atoms with van der Waals surface area (Å²) in [4.78, 5) is 28.3. The minimum atomic E-state index is -0.188. The maximum Gasteiger partial charge on any atom is 0.267 e. The smallest absolute Gasteiger partial charge is 0.267 e. The highest BCUT2D eigenvalue weighted by atomic mass is 32.2. The molecule has 0 unspecified atom stereocenters. The number of thioether (sulfide) groups is 1. The van der Waals surface area contributed by atoms with Crippen molar-refractivity contribution < 1.29 is 4.79 Å². The molecule has 2 N–H and O–H groups in total. The van der Waals surface area contributed by atoms with Crippen LogP contribution in [0.4, 0.5) is 5.13 Å². The Kier molecular flexibility index (Phi) is 5.06. The number of hydrogen-bond acceptors (Lipinski definition) is 7. The molecule has 9 heteroatoms. The highest BCUT2D eigenvalue weighted by Gasteiger charge is 2.12. The van der Waals surface area contributed by atoms with Crippen molar-refractivity contribution in [2.75, 3.05) is 5.32 Å². The predicted molar refractivity (Wildman–Crippen MR) is 111 cm³/mol. The normalized spacial score (nSPS) is 11.0. The van der Waals surface area contributed by atoms with Crippen molar-refractivity contribution in [3.63, 3.8) is 0 Å². The summed E-state index contributed by atoms with van der Waals surface area (Å²) in [7, 11) is 0. The first kappa shape index (κ1) is 17.9. The van der Waals surface area contributed by atoms with Crippen LogP contribution in [-0.4, -0.2) is 21.1 Å². The first-order valence-electron chi connectivity index (χ1n) is 8.02. The van der Waals surface area contributed by atoms with E-state index in [0.717, 1.165) is 21.1 Å². The molecule has 6 nitrogen and oxygen atoms in total. The standard InChI is InChI=1S/C18H14N4O2S3/c1-10-4-5-13-12(7-10)14(23)8-11(19-13)9-26-18-22-21-17(27-18)20-16(24)15-3-2-6-25-15/h2-8H,9H2,1H3,(H,19,23)(H,20,21,24). The van der Waals surface area contributed by atoms with Gasteiger partial charge >= 0.3 is 0 Å². The number of carbonyl (C=O) groups excluding carboxylic acids is 1. The van der Waals surface area contributed by atoms with Gasteiger partial charge in [0.15, 0.2) is 9.77 Å². The zero-order chi connectivity index (χ0) is 18.8. The number of aromatic amines is 1.